The van der Waals surface area contributed by atoms with E-state index in [9.17, 15) is 0 Å². The highest BCUT2D eigenvalue weighted by molar-refractivity contribution is 6.10. The third-order valence-corrected chi connectivity index (χ3v) is 3.75. The number of nitrogens with zero attached hydrogens (tertiary/aromatic N) is 1. The molecule has 94 valence electrons. The molecule has 0 saturated heterocycles. The Balaban J connectivity index is 2.62. The van der Waals surface area contributed by atoms with Crippen LogP contribution in [0.3, 0.4) is 0 Å². The molecule has 2 aromatic carbocycles. The summed E-state index contributed by atoms with van der Waals surface area (Å²) < 4.78 is 2.20. The minimum atomic E-state index is 0.969. The summed E-state index contributed by atoms with van der Waals surface area (Å²) in [4.78, 5) is 0. The normalized spacial score (nSPS) is 11.0. The summed E-state index contributed by atoms with van der Waals surface area (Å²) in [5.74, 6) is 0. The molecule has 1 heteroatoms. The largest absolute Gasteiger partial charge is 0.320 e. The van der Waals surface area contributed by atoms with E-state index in [1.54, 1.807) is 0 Å². The van der Waals surface area contributed by atoms with Gasteiger partial charge in [-0.1, -0.05) is 62.6 Å². The van der Waals surface area contributed by atoms with Crippen LogP contribution in [-0.4, -0.2) is 4.57 Å². The first-order chi connectivity index (χ1) is 9.31. The molecule has 0 saturated carbocycles. The number of hydrogen-bond acceptors (Lipinski definition) is 0. The second-order valence-electron chi connectivity index (χ2n) is 4.65. The fourth-order valence-corrected chi connectivity index (χ4v) is 2.94. The van der Waals surface area contributed by atoms with E-state index in [1.165, 1.54) is 32.9 Å². The fourth-order valence-electron chi connectivity index (χ4n) is 2.94. The lowest BCUT2D eigenvalue weighted by molar-refractivity contribution is 0.998. The molecule has 0 bridgehead atoms. The summed E-state index contributed by atoms with van der Waals surface area (Å²) in [6.45, 7) is 10.1. The zero-order chi connectivity index (χ0) is 13.4. The Labute approximate surface area is 113 Å². The van der Waals surface area contributed by atoms with Crippen LogP contribution in [0.2, 0.25) is 0 Å². The number of hydrogen-bond donors (Lipinski definition) is 0. The summed E-state index contributed by atoms with van der Waals surface area (Å²) in [5.41, 5.74) is 3.74. The van der Waals surface area contributed by atoms with Crippen molar-refractivity contribution in [2.24, 2.45) is 0 Å². The maximum Gasteiger partial charge on any atom is 0.0609 e. The fraction of sp³-hybridized carbons (Fsp3) is 0.111. The van der Waals surface area contributed by atoms with Gasteiger partial charge in [0.15, 0.2) is 0 Å². The molecule has 0 aliphatic rings. The van der Waals surface area contributed by atoms with Crippen LogP contribution in [0.25, 0.3) is 34.0 Å². The van der Waals surface area contributed by atoms with Crippen LogP contribution in [0.5, 0.6) is 0 Å². The molecule has 19 heavy (non-hydrogen) atoms. The van der Waals surface area contributed by atoms with Gasteiger partial charge in [-0.3, -0.25) is 0 Å². The van der Waals surface area contributed by atoms with Crippen molar-refractivity contribution in [2.75, 3.05) is 0 Å². The Morgan fingerprint density at radius 2 is 1.84 bits per heavy atom. The average molecular weight is 247 g/mol. The lowest BCUT2D eigenvalue weighted by atomic mass is 10.0. The number of aromatic nitrogens is 1. The van der Waals surface area contributed by atoms with E-state index in [-0.39, 0.29) is 0 Å². The van der Waals surface area contributed by atoms with Crippen LogP contribution in [-0.2, 0) is 6.42 Å². The smallest absolute Gasteiger partial charge is 0.0609 e. The summed E-state index contributed by atoms with van der Waals surface area (Å²) in [6, 6.07) is 12.8. The standard InChI is InChI=1S/C18H17N/c1-4-14-16-12-11-13-9-7-8-10-15(13)18(16)19(6-3)17(14)5-2/h4,6-12H,1,3,5H2,2H3. The summed E-state index contributed by atoms with van der Waals surface area (Å²) in [7, 11) is 0. The summed E-state index contributed by atoms with van der Waals surface area (Å²) in [6.07, 6.45) is 4.83. The molecule has 3 rings (SSSR count). The minimum Gasteiger partial charge on any atom is -0.320 e. The second-order valence-corrected chi connectivity index (χ2v) is 4.65. The van der Waals surface area contributed by atoms with Crippen molar-refractivity contribution < 1.29 is 0 Å². The third-order valence-electron chi connectivity index (χ3n) is 3.75. The lowest BCUT2D eigenvalue weighted by Gasteiger charge is -2.05. The van der Waals surface area contributed by atoms with Crippen LogP contribution in [0.1, 0.15) is 18.2 Å². The van der Waals surface area contributed by atoms with Gasteiger partial charge in [-0.25, -0.2) is 0 Å². The molecule has 1 heterocycles. The topological polar surface area (TPSA) is 4.93 Å². The van der Waals surface area contributed by atoms with Crippen LogP contribution in [0.4, 0.5) is 0 Å². The molecule has 0 N–H and O–H groups in total. The van der Waals surface area contributed by atoms with Crippen LogP contribution in [0, 0.1) is 0 Å². The molecule has 1 nitrogen and oxygen atoms in total. The predicted octanol–water partition coefficient (Wildman–Crippen LogP) is 5.10. The Morgan fingerprint density at radius 1 is 1.05 bits per heavy atom. The molecular weight excluding hydrogens is 230 g/mol. The van der Waals surface area contributed by atoms with Gasteiger partial charge in [0.2, 0.25) is 0 Å². The highest BCUT2D eigenvalue weighted by Crippen LogP contribution is 2.33. The number of benzene rings is 2. The van der Waals surface area contributed by atoms with E-state index >= 15 is 0 Å². The van der Waals surface area contributed by atoms with Gasteiger partial charge in [-0.15, -0.1) is 0 Å². The molecule has 0 radical (unpaired) electrons. The zero-order valence-corrected chi connectivity index (χ0v) is 11.2. The zero-order valence-electron chi connectivity index (χ0n) is 11.2. The molecule has 0 aliphatic carbocycles. The van der Waals surface area contributed by atoms with Crippen molar-refractivity contribution in [1.82, 2.24) is 4.57 Å². The van der Waals surface area contributed by atoms with E-state index in [1.807, 2.05) is 12.3 Å². The Kier molecular flexibility index (Phi) is 2.75. The van der Waals surface area contributed by atoms with E-state index in [4.69, 9.17) is 0 Å². The highest BCUT2D eigenvalue weighted by Gasteiger charge is 2.14. The van der Waals surface area contributed by atoms with Crippen molar-refractivity contribution in [3.63, 3.8) is 0 Å². The molecule has 0 atom stereocenters. The maximum atomic E-state index is 3.97. The van der Waals surface area contributed by atoms with Gasteiger partial charge >= 0.3 is 0 Å². The first kappa shape index (κ1) is 11.8. The third kappa shape index (κ3) is 1.55. The van der Waals surface area contributed by atoms with Crippen LogP contribution < -0.4 is 0 Å². The molecule has 0 aliphatic heterocycles. The van der Waals surface area contributed by atoms with Gasteiger partial charge in [0.25, 0.3) is 0 Å². The number of fused-ring (bicyclic) bond motifs is 3. The van der Waals surface area contributed by atoms with Gasteiger partial charge in [0.05, 0.1) is 5.52 Å². The summed E-state index contributed by atoms with van der Waals surface area (Å²) in [5, 5.41) is 3.78. The second kappa shape index (κ2) is 4.43. The predicted molar refractivity (Wildman–Crippen MR) is 85.3 cm³/mol. The maximum absolute atomic E-state index is 3.97. The molecule has 0 unspecified atom stereocenters. The van der Waals surface area contributed by atoms with Gasteiger partial charge < -0.3 is 4.57 Å². The molecule has 0 fully saturated rings. The van der Waals surface area contributed by atoms with Crippen LogP contribution >= 0.6 is 0 Å². The van der Waals surface area contributed by atoms with Gasteiger partial charge in [0, 0.05) is 28.2 Å². The van der Waals surface area contributed by atoms with Gasteiger partial charge in [0.1, 0.15) is 0 Å². The summed E-state index contributed by atoms with van der Waals surface area (Å²) >= 11 is 0. The minimum absolute atomic E-state index is 0.969. The highest BCUT2D eigenvalue weighted by atomic mass is 15.0. The first-order valence-electron chi connectivity index (χ1n) is 6.61. The van der Waals surface area contributed by atoms with Crippen molar-refractivity contribution in [1.29, 1.82) is 0 Å². The SMILES string of the molecule is C=Cc1c(CC)n(C=C)c2c1ccc1ccccc12. The molecule has 0 spiro atoms. The molecule has 1 aromatic heterocycles. The Bertz CT molecular complexity index is 790. The molecule has 0 amide bonds. The Morgan fingerprint density at radius 3 is 2.53 bits per heavy atom. The van der Waals surface area contributed by atoms with Gasteiger partial charge in [-0.2, -0.15) is 0 Å². The average Bonchev–Trinajstić information content (AvgIpc) is 2.79. The first-order valence-corrected chi connectivity index (χ1v) is 6.61. The van der Waals surface area contributed by atoms with Crippen LogP contribution in [0.15, 0.2) is 49.6 Å². The van der Waals surface area contributed by atoms with E-state index in [0.717, 1.165) is 6.42 Å². The van der Waals surface area contributed by atoms with Crippen molar-refractivity contribution >= 4 is 34.0 Å². The van der Waals surface area contributed by atoms with E-state index in [0.29, 0.717) is 0 Å². The lowest BCUT2D eigenvalue weighted by Crippen LogP contribution is -1.93. The number of rotatable bonds is 3. The molecule has 3 aromatic rings. The van der Waals surface area contributed by atoms with Crippen molar-refractivity contribution in [3.8, 4) is 0 Å². The quantitative estimate of drug-likeness (QED) is 0.606. The monoisotopic (exact) mass is 247 g/mol. The van der Waals surface area contributed by atoms with Gasteiger partial charge in [-0.05, 0) is 11.8 Å². The van der Waals surface area contributed by atoms with Crippen molar-refractivity contribution in [2.45, 2.75) is 13.3 Å². The van der Waals surface area contributed by atoms with E-state index in [2.05, 4.69) is 61.0 Å². The van der Waals surface area contributed by atoms with E-state index < -0.39 is 0 Å². The van der Waals surface area contributed by atoms with Crippen molar-refractivity contribution in [3.05, 3.63) is 60.8 Å². The Hall–Kier alpha value is -2.28. The molecular formula is C18H17N.